The van der Waals surface area contributed by atoms with Crippen molar-refractivity contribution in [1.29, 1.82) is 0 Å². The van der Waals surface area contributed by atoms with Crippen molar-refractivity contribution < 1.29 is 9.52 Å². The quantitative estimate of drug-likeness (QED) is 0.829. The summed E-state index contributed by atoms with van der Waals surface area (Å²) in [6.45, 7) is 4.44. The predicted octanol–water partition coefficient (Wildman–Crippen LogP) is 2.90. The molecule has 3 rings (SSSR count). The van der Waals surface area contributed by atoms with Crippen LogP contribution in [0.3, 0.4) is 0 Å². The Morgan fingerprint density at radius 1 is 1.32 bits per heavy atom. The van der Waals surface area contributed by atoms with Crippen molar-refractivity contribution in [2.45, 2.75) is 45.1 Å². The lowest BCUT2D eigenvalue weighted by Gasteiger charge is -2.17. The van der Waals surface area contributed by atoms with Crippen LogP contribution in [0.15, 0.2) is 16.5 Å². The van der Waals surface area contributed by atoms with Crippen molar-refractivity contribution in [3.8, 4) is 0 Å². The lowest BCUT2D eigenvalue weighted by Crippen LogP contribution is -2.26. The number of hydrogen-bond acceptors (Lipinski definition) is 3. The van der Waals surface area contributed by atoms with Crippen LogP contribution in [-0.2, 0) is 6.54 Å². The molecule has 0 aliphatic heterocycles. The maximum atomic E-state index is 9.30. The minimum Gasteiger partial charge on any atom is -0.464 e. The fraction of sp³-hybridized carbons (Fsp3) is 0.750. The van der Waals surface area contributed by atoms with Crippen molar-refractivity contribution in [1.82, 2.24) is 5.32 Å². The monoisotopic (exact) mass is 263 g/mol. The molecule has 1 aromatic rings. The molecule has 0 bridgehead atoms. The summed E-state index contributed by atoms with van der Waals surface area (Å²) < 4.78 is 5.88. The topological polar surface area (TPSA) is 45.4 Å². The summed E-state index contributed by atoms with van der Waals surface area (Å²) in [6.07, 6.45) is 4.98. The Bertz CT molecular complexity index is 415. The molecule has 0 spiro atoms. The first-order valence-corrected chi connectivity index (χ1v) is 7.68. The average Bonchev–Trinajstić information content (AvgIpc) is 2.85. The zero-order valence-corrected chi connectivity index (χ0v) is 11.8. The van der Waals surface area contributed by atoms with Gasteiger partial charge < -0.3 is 14.8 Å². The van der Waals surface area contributed by atoms with E-state index >= 15 is 0 Å². The van der Waals surface area contributed by atoms with Gasteiger partial charge in [-0.05, 0) is 55.7 Å². The number of rotatable bonds is 6. The normalized spacial score (nSPS) is 33.8. The Balaban J connectivity index is 1.43. The molecule has 4 atom stereocenters. The summed E-state index contributed by atoms with van der Waals surface area (Å²) >= 11 is 0. The second kappa shape index (κ2) is 5.68. The van der Waals surface area contributed by atoms with Crippen LogP contribution >= 0.6 is 0 Å². The van der Waals surface area contributed by atoms with Gasteiger partial charge in [-0.25, -0.2) is 0 Å². The van der Waals surface area contributed by atoms with E-state index in [9.17, 15) is 5.11 Å². The van der Waals surface area contributed by atoms with Crippen LogP contribution in [0.1, 0.15) is 50.0 Å². The van der Waals surface area contributed by atoms with Gasteiger partial charge in [-0.1, -0.05) is 13.3 Å². The zero-order chi connectivity index (χ0) is 13.2. The highest BCUT2D eigenvalue weighted by atomic mass is 16.3. The van der Waals surface area contributed by atoms with Crippen molar-refractivity contribution in [2.24, 2.45) is 17.8 Å². The molecule has 1 aromatic heterocycles. The number of nitrogens with one attached hydrogen (secondary N) is 1. The Morgan fingerprint density at radius 3 is 2.84 bits per heavy atom. The minimum atomic E-state index is 0.344. The zero-order valence-electron chi connectivity index (χ0n) is 11.8. The number of furan rings is 1. The summed E-state index contributed by atoms with van der Waals surface area (Å²) in [5.41, 5.74) is 0. The predicted molar refractivity (Wildman–Crippen MR) is 74.9 cm³/mol. The van der Waals surface area contributed by atoms with Gasteiger partial charge in [-0.15, -0.1) is 0 Å². The first-order valence-electron chi connectivity index (χ1n) is 7.68. The van der Waals surface area contributed by atoms with Gasteiger partial charge in [0.1, 0.15) is 11.5 Å². The van der Waals surface area contributed by atoms with Crippen molar-refractivity contribution >= 4 is 0 Å². The van der Waals surface area contributed by atoms with Crippen LogP contribution in [0, 0.1) is 17.8 Å². The maximum Gasteiger partial charge on any atom is 0.117 e. The first kappa shape index (κ1) is 13.2. The molecule has 2 N–H and O–H groups in total. The molecule has 0 amide bonds. The van der Waals surface area contributed by atoms with E-state index in [0.29, 0.717) is 24.4 Å². The SMILES string of the molecule is CC1CC1c1ccc(CNCC2CCCC2CO)o1. The molecule has 0 saturated heterocycles. The van der Waals surface area contributed by atoms with Gasteiger partial charge in [0.25, 0.3) is 0 Å². The minimum absolute atomic E-state index is 0.344. The van der Waals surface area contributed by atoms with Crippen LogP contribution in [-0.4, -0.2) is 18.3 Å². The smallest absolute Gasteiger partial charge is 0.117 e. The molecule has 3 nitrogen and oxygen atoms in total. The summed E-state index contributed by atoms with van der Waals surface area (Å²) in [7, 11) is 0. The van der Waals surface area contributed by atoms with Gasteiger partial charge in [0.15, 0.2) is 0 Å². The fourth-order valence-corrected chi connectivity index (χ4v) is 3.41. The molecule has 3 heteroatoms. The Labute approximate surface area is 115 Å². The van der Waals surface area contributed by atoms with E-state index in [4.69, 9.17) is 4.42 Å². The highest BCUT2D eigenvalue weighted by Crippen LogP contribution is 2.47. The Kier molecular flexibility index (Phi) is 3.94. The van der Waals surface area contributed by atoms with Gasteiger partial charge in [0, 0.05) is 12.5 Å². The second-order valence-electron chi connectivity index (χ2n) is 6.39. The Hall–Kier alpha value is -0.800. The molecular weight excluding hydrogens is 238 g/mol. The van der Waals surface area contributed by atoms with Crippen LogP contribution < -0.4 is 5.32 Å². The van der Waals surface area contributed by atoms with Crippen molar-refractivity contribution in [3.63, 3.8) is 0 Å². The van der Waals surface area contributed by atoms with E-state index in [1.165, 1.54) is 31.4 Å². The van der Waals surface area contributed by atoms with Crippen LogP contribution in [0.5, 0.6) is 0 Å². The largest absolute Gasteiger partial charge is 0.464 e. The third-order valence-corrected chi connectivity index (χ3v) is 4.91. The van der Waals surface area contributed by atoms with Crippen LogP contribution in [0.2, 0.25) is 0 Å². The molecule has 0 aromatic carbocycles. The number of aliphatic hydroxyl groups is 1. The van der Waals surface area contributed by atoms with Crippen LogP contribution in [0.4, 0.5) is 0 Å². The molecule has 4 unspecified atom stereocenters. The number of aliphatic hydroxyl groups excluding tert-OH is 1. The standard InChI is InChI=1S/C16H25NO2/c1-11-7-15(11)16-6-5-14(19-16)9-17-8-12-3-2-4-13(12)10-18/h5-6,11-13,15,17-18H,2-4,7-10H2,1H3. The lowest BCUT2D eigenvalue weighted by molar-refractivity contribution is 0.192. The fourth-order valence-electron chi connectivity index (χ4n) is 3.41. The van der Waals surface area contributed by atoms with Crippen LogP contribution in [0.25, 0.3) is 0 Å². The average molecular weight is 263 g/mol. The van der Waals surface area contributed by atoms with E-state index in [-0.39, 0.29) is 0 Å². The molecule has 1 heterocycles. The molecule has 2 aliphatic carbocycles. The molecule has 0 radical (unpaired) electrons. The first-order chi connectivity index (χ1) is 9.28. The lowest BCUT2D eigenvalue weighted by atomic mass is 9.97. The van der Waals surface area contributed by atoms with Crippen molar-refractivity contribution in [2.75, 3.05) is 13.2 Å². The molecule has 106 valence electrons. The molecular formula is C16H25NO2. The summed E-state index contributed by atoms with van der Waals surface area (Å²) in [5, 5.41) is 12.8. The van der Waals surface area contributed by atoms with Gasteiger partial charge in [-0.3, -0.25) is 0 Å². The van der Waals surface area contributed by atoms with E-state index < -0.39 is 0 Å². The highest BCUT2D eigenvalue weighted by molar-refractivity contribution is 5.17. The third kappa shape index (κ3) is 3.03. The summed E-state index contributed by atoms with van der Waals surface area (Å²) in [5.74, 6) is 4.83. The van der Waals surface area contributed by atoms with E-state index in [1.54, 1.807) is 0 Å². The molecule has 19 heavy (non-hydrogen) atoms. The van der Waals surface area contributed by atoms with Gasteiger partial charge in [-0.2, -0.15) is 0 Å². The summed E-state index contributed by atoms with van der Waals surface area (Å²) in [4.78, 5) is 0. The third-order valence-electron chi connectivity index (χ3n) is 4.91. The van der Waals surface area contributed by atoms with E-state index in [1.807, 2.05) is 0 Å². The van der Waals surface area contributed by atoms with Gasteiger partial charge in [0.05, 0.1) is 6.54 Å². The van der Waals surface area contributed by atoms with Gasteiger partial charge >= 0.3 is 0 Å². The highest BCUT2D eigenvalue weighted by Gasteiger charge is 2.36. The number of hydrogen-bond donors (Lipinski definition) is 2. The Morgan fingerprint density at radius 2 is 2.11 bits per heavy atom. The van der Waals surface area contributed by atoms with E-state index in [0.717, 1.165) is 24.8 Å². The second-order valence-corrected chi connectivity index (χ2v) is 6.39. The van der Waals surface area contributed by atoms with Gasteiger partial charge in [0.2, 0.25) is 0 Å². The van der Waals surface area contributed by atoms with Crippen molar-refractivity contribution in [3.05, 3.63) is 23.7 Å². The summed E-state index contributed by atoms with van der Waals surface area (Å²) in [6, 6.07) is 4.24. The molecule has 2 saturated carbocycles. The molecule has 2 aliphatic rings. The molecule has 2 fully saturated rings. The van der Waals surface area contributed by atoms with E-state index in [2.05, 4.69) is 24.4 Å². The maximum absolute atomic E-state index is 9.30.